The SMILES string of the molecule is CC(C)(Oc1ccncc1)c1cccc(-c2csc(NC(=O)CNC(=O)c3ccn(S(C)(=O)=O)c3)n2)c1. The lowest BCUT2D eigenvalue weighted by atomic mass is 9.95. The van der Waals surface area contributed by atoms with E-state index in [1.807, 2.05) is 43.5 Å². The zero-order valence-corrected chi connectivity index (χ0v) is 22.0. The Morgan fingerprint density at radius 2 is 1.89 bits per heavy atom. The fourth-order valence-electron chi connectivity index (χ4n) is 3.42. The summed E-state index contributed by atoms with van der Waals surface area (Å²) in [6.45, 7) is 3.65. The molecule has 0 atom stereocenters. The van der Waals surface area contributed by atoms with Crippen molar-refractivity contribution in [2.24, 2.45) is 0 Å². The molecule has 4 rings (SSSR count). The minimum Gasteiger partial charge on any atom is -0.483 e. The number of nitrogens with one attached hydrogen (secondary N) is 2. The normalized spacial score (nSPS) is 11.6. The Bertz CT molecular complexity index is 1530. The Labute approximate surface area is 218 Å². The number of amides is 2. The fraction of sp³-hybridized carbons (Fsp3) is 0.200. The van der Waals surface area contributed by atoms with E-state index in [1.54, 1.807) is 24.5 Å². The molecule has 0 fully saturated rings. The number of ether oxygens (including phenoxy) is 1. The van der Waals surface area contributed by atoms with Gasteiger partial charge in [-0.15, -0.1) is 11.3 Å². The van der Waals surface area contributed by atoms with Gasteiger partial charge in [-0.1, -0.05) is 18.2 Å². The molecule has 4 aromatic rings. The Morgan fingerprint density at radius 1 is 1.14 bits per heavy atom. The van der Waals surface area contributed by atoms with Gasteiger partial charge in [0.15, 0.2) is 5.13 Å². The summed E-state index contributed by atoms with van der Waals surface area (Å²) >= 11 is 1.26. The van der Waals surface area contributed by atoms with E-state index in [9.17, 15) is 18.0 Å². The summed E-state index contributed by atoms with van der Waals surface area (Å²) in [5.74, 6) is -0.313. The highest BCUT2D eigenvalue weighted by molar-refractivity contribution is 7.89. The molecule has 3 heterocycles. The molecule has 0 radical (unpaired) electrons. The van der Waals surface area contributed by atoms with Crippen LogP contribution in [0.15, 0.2) is 72.6 Å². The summed E-state index contributed by atoms with van der Waals surface area (Å²) in [5, 5.41) is 7.35. The molecule has 3 aromatic heterocycles. The van der Waals surface area contributed by atoms with Crippen LogP contribution in [0.2, 0.25) is 0 Å². The van der Waals surface area contributed by atoms with Crippen LogP contribution in [0.3, 0.4) is 0 Å². The molecule has 0 aliphatic carbocycles. The van der Waals surface area contributed by atoms with E-state index in [4.69, 9.17) is 4.74 Å². The maximum atomic E-state index is 12.3. The molecule has 192 valence electrons. The molecule has 0 saturated carbocycles. The van der Waals surface area contributed by atoms with Crippen LogP contribution >= 0.6 is 11.3 Å². The highest BCUT2D eigenvalue weighted by Gasteiger charge is 2.23. The minimum atomic E-state index is -3.49. The van der Waals surface area contributed by atoms with Gasteiger partial charge in [-0.3, -0.25) is 18.5 Å². The molecule has 1 aromatic carbocycles. The minimum absolute atomic E-state index is 0.130. The Hall–Kier alpha value is -4.03. The third kappa shape index (κ3) is 6.60. The van der Waals surface area contributed by atoms with Gasteiger partial charge in [0, 0.05) is 35.7 Å². The Kier molecular flexibility index (Phi) is 7.41. The van der Waals surface area contributed by atoms with Crippen molar-refractivity contribution in [3.8, 4) is 17.0 Å². The smallest absolute Gasteiger partial charge is 0.253 e. The molecule has 0 aliphatic rings. The fourth-order valence-corrected chi connectivity index (χ4v) is 4.74. The molecule has 0 saturated heterocycles. The number of hydrogen-bond acceptors (Lipinski definition) is 8. The van der Waals surface area contributed by atoms with Crippen LogP contribution in [0.4, 0.5) is 5.13 Å². The highest BCUT2D eigenvalue weighted by atomic mass is 32.2. The van der Waals surface area contributed by atoms with Gasteiger partial charge < -0.3 is 15.4 Å². The van der Waals surface area contributed by atoms with Gasteiger partial charge in [-0.25, -0.2) is 13.4 Å². The first-order chi connectivity index (χ1) is 17.5. The molecular weight excluding hydrogens is 514 g/mol. The molecule has 12 heteroatoms. The van der Waals surface area contributed by atoms with Crippen molar-refractivity contribution >= 4 is 38.3 Å². The Morgan fingerprint density at radius 3 is 2.59 bits per heavy atom. The number of carbonyl (C=O) groups excluding carboxylic acids is 2. The summed E-state index contributed by atoms with van der Waals surface area (Å²) in [6, 6.07) is 12.8. The van der Waals surface area contributed by atoms with Gasteiger partial charge >= 0.3 is 0 Å². The summed E-state index contributed by atoms with van der Waals surface area (Å²) in [6.07, 6.45) is 6.83. The van der Waals surface area contributed by atoms with E-state index in [-0.39, 0.29) is 12.1 Å². The lowest BCUT2D eigenvalue weighted by Crippen LogP contribution is -2.32. The number of benzene rings is 1. The van der Waals surface area contributed by atoms with E-state index < -0.39 is 27.4 Å². The first-order valence-corrected chi connectivity index (χ1v) is 13.9. The molecule has 0 unspecified atom stereocenters. The third-order valence-corrected chi connectivity index (χ3v) is 7.10. The van der Waals surface area contributed by atoms with Crippen LogP contribution in [0.1, 0.15) is 29.8 Å². The van der Waals surface area contributed by atoms with E-state index in [1.165, 1.54) is 29.8 Å². The van der Waals surface area contributed by atoms with Crippen molar-refractivity contribution in [2.75, 3.05) is 18.1 Å². The average molecular weight is 540 g/mol. The quantitative estimate of drug-likeness (QED) is 0.333. The number of nitrogens with zero attached hydrogens (tertiary/aromatic N) is 3. The summed E-state index contributed by atoms with van der Waals surface area (Å²) < 4.78 is 30.2. The summed E-state index contributed by atoms with van der Waals surface area (Å²) in [5.41, 5.74) is 2.03. The molecule has 10 nitrogen and oxygen atoms in total. The van der Waals surface area contributed by atoms with Crippen LogP contribution < -0.4 is 15.4 Å². The van der Waals surface area contributed by atoms with Gasteiger partial charge in [0.1, 0.15) is 11.4 Å². The monoisotopic (exact) mass is 539 g/mol. The summed E-state index contributed by atoms with van der Waals surface area (Å²) in [4.78, 5) is 33.1. The maximum Gasteiger partial charge on any atom is 0.253 e. The number of thiazole rings is 1. The van der Waals surface area contributed by atoms with Crippen molar-refractivity contribution in [3.05, 3.63) is 83.8 Å². The molecule has 0 spiro atoms. The molecule has 0 aliphatic heterocycles. The van der Waals surface area contributed by atoms with Gasteiger partial charge in [0.25, 0.3) is 5.91 Å². The number of hydrogen-bond donors (Lipinski definition) is 2. The van der Waals surface area contributed by atoms with Gasteiger partial charge in [0.2, 0.25) is 15.9 Å². The van der Waals surface area contributed by atoms with Crippen LogP contribution in [0, 0.1) is 0 Å². The van der Waals surface area contributed by atoms with Crippen molar-refractivity contribution in [1.29, 1.82) is 0 Å². The van der Waals surface area contributed by atoms with Crippen LogP contribution in [0.25, 0.3) is 11.3 Å². The van der Waals surface area contributed by atoms with E-state index in [0.717, 1.165) is 21.4 Å². The van der Waals surface area contributed by atoms with Crippen LogP contribution in [-0.4, -0.2) is 47.0 Å². The van der Waals surface area contributed by atoms with E-state index >= 15 is 0 Å². The summed E-state index contributed by atoms with van der Waals surface area (Å²) in [7, 11) is -3.49. The van der Waals surface area contributed by atoms with Crippen molar-refractivity contribution < 1.29 is 22.7 Å². The first-order valence-electron chi connectivity index (χ1n) is 11.1. The molecule has 0 bridgehead atoms. The van der Waals surface area contributed by atoms with Crippen LogP contribution in [-0.2, 0) is 20.4 Å². The topological polar surface area (TPSA) is 132 Å². The molecule has 37 heavy (non-hydrogen) atoms. The predicted molar refractivity (Wildman–Crippen MR) is 141 cm³/mol. The maximum absolute atomic E-state index is 12.3. The zero-order valence-electron chi connectivity index (χ0n) is 20.3. The van der Waals surface area contributed by atoms with Crippen molar-refractivity contribution in [2.45, 2.75) is 19.4 Å². The molecule has 2 N–H and O–H groups in total. The van der Waals surface area contributed by atoms with Gasteiger partial charge in [-0.05, 0) is 43.7 Å². The largest absolute Gasteiger partial charge is 0.483 e. The lowest BCUT2D eigenvalue weighted by Gasteiger charge is -2.27. The first kappa shape index (κ1) is 26.0. The van der Waals surface area contributed by atoms with Crippen molar-refractivity contribution in [3.63, 3.8) is 0 Å². The van der Waals surface area contributed by atoms with Crippen LogP contribution in [0.5, 0.6) is 5.75 Å². The van der Waals surface area contributed by atoms with E-state index in [0.29, 0.717) is 16.6 Å². The van der Waals surface area contributed by atoms with E-state index in [2.05, 4.69) is 20.6 Å². The molecule has 2 amide bonds. The zero-order chi connectivity index (χ0) is 26.6. The van der Waals surface area contributed by atoms with Crippen molar-refractivity contribution in [1.82, 2.24) is 19.3 Å². The number of pyridine rings is 1. The second-order valence-corrected chi connectivity index (χ2v) is 11.4. The number of rotatable bonds is 9. The number of carbonyl (C=O) groups is 2. The second kappa shape index (κ2) is 10.5. The predicted octanol–water partition coefficient (Wildman–Crippen LogP) is 3.50. The van der Waals surface area contributed by atoms with Gasteiger partial charge in [-0.2, -0.15) is 0 Å². The average Bonchev–Trinajstić information content (AvgIpc) is 3.53. The standard InChI is InChI=1S/C25H25N5O5S2/c1-25(2,35-20-7-10-26-11-8-20)19-6-4-5-17(13-19)21-16-36-24(28-21)29-22(31)14-27-23(32)18-9-12-30(15-18)37(3,33)34/h4-13,15-16H,14H2,1-3H3,(H,27,32)(H,28,29,31). The number of anilines is 1. The lowest BCUT2D eigenvalue weighted by molar-refractivity contribution is -0.115. The Balaban J connectivity index is 1.37. The third-order valence-electron chi connectivity index (χ3n) is 5.35. The number of aromatic nitrogens is 3. The second-order valence-electron chi connectivity index (χ2n) is 8.64. The molecular formula is C25H25N5O5S2. The highest BCUT2D eigenvalue weighted by Crippen LogP contribution is 2.31. The van der Waals surface area contributed by atoms with Gasteiger partial charge in [0.05, 0.1) is 24.1 Å².